The first-order chi connectivity index (χ1) is 12.5. The zero-order valence-electron chi connectivity index (χ0n) is 20.9. The molecule has 3 atom stereocenters. The third kappa shape index (κ3) is 8.84. The van der Waals surface area contributed by atoms with E-state index >= 15 is 0 Å². The molecule has 28 heavy (non-hydrogen) atoms. The van der Waals surface area contributed by atoms with Crippen LogP contribution in [0, 0.1) is 33.5 Å². The van der Waals surface area contributed by atoms with Gasteiger partial charge in [0.25, 0.3) is 0 Å². The lowest BCUT2D eigenvalue weighted by atomic mass is 9.68. The van der Waals surface area contributed by atoms with Crippen molar-refractivity contribution in [3.05, 3.63) is 0 Å². The molecule has 166 valence electrons. The Morgan fingerprint density at radius 2 is 1.46 bits per heavy atom. The lowest BCUT2D eigenvalue weighted by Gasteiger charge is -2.38. The maximum Gasteiger partial charge on any atom is 0.246 e. The molecule has 0 aromatic heterocycles. The average molecular weight is 396 g/mol. The first kappa shape index (κ1) is 25.5. The molecule has 1 fully saturated rings. The SMILES string of the molecule is CCC(C)(CC1CC1CC(C)(C)CC(C)(C)C)CC(C)(C)CC(=O)N(C)OC. The highest BCUT2D eigenvalue weighted by Crippen LogP contribution is 2.55. The van der Waals surface area contributed by atoms with Crippen LogP contribution in [0.25, 0.3) is 0 Å². The summed E-state index contributed by atoms with van der Waals surface area (Å²) < 4.78 is 0. The number of hydrogen-bond acceptors (Lipinski definition) is 2. The molecule has 3 unspecified atom stereocenters. The van der Waals surface area contributed by atoms with E-state index in [4.69, 9.17) is 4.84 Å². The fraction of sp³-hybridized carbons (Fsp3) is 0.960. The molecule has 0 heterocycles. The molecule has 3 nitrogen and oxygen atoms in total. The highest BCUT2D eigenvalue weighted by atomic mass is 16.7. The Balaban J connectivity index is 2.62. The van der Waals surface area contributed by atoms with Crippen LogP contribution in [0.1, 0.15) is 107 Å². The number of carbonyl (C=O) groups is 1. The molecule has 1 aliphatic rings. The Morgan fingerprint density at radius 1 is 0.929 bits per heavy atom. The molecule has 0 saturated heterocycles. The summed E-state index contributed by atoms with van der Waals surface area (Å²) in [5.74, 6) is 1.84. The van der Waals surface area contributed by atoms with Gasteiger partial charge in [-0.25, -0.2) is 5.06 Å². The van der Waals surface area contributed by atoms with Gasteiger partial charge < -0.3 is 0 Å². The van der Waals surface area contributed by atoms with Gasteiger partial charge in [0.1, 0.15) is 0 Å². The third-order valence-corrected chi connectivity index (χ3v) is 6.66. The second-order valence-corrected chi connectivity index (χ2v) is 12.8. The molecule has 0 aliphatic heterocycles. The molecule has 0 aromatic carbocycles. The van der Waals surface area contributed by atoms with Crippen LogP contribution in [0.3, 0.4) is 0 Å². The second-order valence-electron chi connectivity index (χ2n) is 12.8. The average Bonchev–Trinajstić information content (AvgIpc) is 3.18. The van der Waals surface area contributed by atoms with Gasteiger partial charge in [-0.2, -0.15) is 0 Å². The monoisotopic (exact) mass is 395 g/mol. The van der Waals surface area contributed by atoms with Gasteiger partial charge in [0.15, 0.2) is 0 Å². The summed E-state index contributed by atoms with van der Waals surface area (Å²) in [4.78, 5) is 17.4. The number of amides is 1. The maximum atomic E-state index is 12.3. The van der Waals surface area contributed by atoms with Crippen LogP contribution in [0.15, 0.2) is 0 Å². The first-order valence-electron chi connectivity index (χ1n) is 11.3. The predicted molar refractivity (Wildman–Crippen MR) is 120 cm³/mol. The van der Waals surface area contributed by atoms with Crippen molar-refractivity contribution in [3.8, 4) is 0 Å². The summed E-state index contributed by atoms with van der Waals surface area (Å²) in [6, 6.07) is 0. The zero-order valence-corrected chi connectivity index (χ0v) is 20.9. The highest BCUT2D eigenvalue weighted by molar-refractivity contribution is 5.75. The molecule has 0 N–H and O–H groups in total. The van der Waals surface area contributed by atoms with Crippen molar-refractivity contribution < 1.29 is 9.63 Å². The van der Waals surface area contributed by atoms with Crippen molar-refractivity contribution >= 4 is 5.91 Å². The smallest absolute Gasteiger partial charge is 0.246 e. The lowest BCUT2D eigenvalue weighted by molar-refractivity contribution is -0.171. The van der Waals surface area contributed by atoms with Crippen molar-refractivity contribution in [3.63, 3.8) is 0 Å². The molecular weight excluding hydrogens is 346 g/mol. The second kappa shape index (κ2) is 9.06. The molecule has 3 heteroatoms. The standard InChI is InChI=1S/C25H49NO2/c1-12-25(9,18-24(7,8)16-21(27)26(10)28-11)15-20-13-19(20)14-23(5,6)17-22(2,3)4/h19-20H,12-18H2,1-11H3. The molecular formula is C25H49NO2. The predicted octanol–water partition coefficient (Wildman–Crippen LogP) is 7.11. The summed E-state index contributed by atoms with van der Waals surface area (Å²) in [5.41, 5.74) is 1.13. The Kier molecular flexibility index (Phi) is 8.24. The van der Waals surface area contributed by atoms with Gasteiger partial charge in [-0.3, -0.25) is 9.63 Å². The minimum atomic E-state index is -0.00940. The number of carbonyl (C=O) groups excluding carboxylic acids is 1. The van der Waals surface area contributed by atoms with Gasteiger partial charge in [0.05, 0.1) is 7.11 Å². The normalized spacial score (nSPS) is 22.7. The third-order valence-electron chi connectivity index (χ3n) is 6.66. The van der Waals surface area contributed by atoms with Gasteiger partial charge in [-0.15, -0.1) is 0 Å². The van der Waals surface area contributed by atoms with E-state index in [-0.39, 0.29) is 11.3 Å². The number of nitrogens with zero attached hydrogens (tertiary/aromatic N) is 1. The highest BCUT2D eigenvalue weighted by Gasteiger charge is 2.45. The molecule has 0 radical (unpaired) electrons. The molecule has 0 bridgehead atoms. The summed E-state index contributed by atoms with van der Waals surface area (Å²) in [7, 11) is 3.25. The van der Waals surface area contributed by atoms with Crippen LogP contribution >= 0.6 is 0 Å². The Hall–Kier alpha value is -0.570. The minimum Gasteiger partial charge on any atom is -0.275 e. The maximum absolute atomic E-state index is 12.3. The Labute approximate surface area is 175 Å². The molecule has 1 aliphatic carbocycles. The van der Waals surface area contributed by atoms with Crippen molar-refractivity contribution in [1.82, 2.24) is 5.06 Å². The van der Waals surface area contributed by atoms with Crippen molar-refractivity contribution in [2.75, 3.05) is 14.2 Å². The Bertz CT molecular complexity index is 517. The quantitative estimate of drug-likeness (QED) is 0.349. The molecule has 0 spiro atoms. The van der Waals surface area contributed by atoms with E-state index in [1.54, 1.807) is 14.2 Å². The number of hydroxylamine groups is 2. The molecule has 0 aromatic rings. The summed E-state index contributed by atoms with van der Waals surface area (Å²) in [5, 5.41) is 1.36. The van der Waals surface area contributed by atoms with Crippen LogP contribution in [0.4, 0.5) is 0 Å². The van der Waals surface area contributed by atoms with E-state index in [9.17, 15) is 4.79 Å². The minimum absolute atomic E-state index is 0.00940. The largest absolute Gasteiger partial charge is 0.275 e. The first-order valence-corrected chi connectivity index (χ1v) is 11.3. The van der Waals surface area contributed by atoms with E-state index in [1.165, 1.54) is 37.2 Å². The van der Waals surface area contributed by atoms with Crippen LogP contribution in [-0.2, 0) is 9.63 Å². The Morgan fingerprint density at radius 3 is 1.93 bits per heavy atom. The number of rotatable bonds is 11. The molecule has 1 rings (SSSR count). The number of hydrogen-bond donors (Lipinski definition) is 0. The van der Waals surface area contributed by atoms with E-state index in [1.807, 2.05) is 0 Å². The van der Waals surface area contributed by atoms with Crippen LogP contribution in [0.2, 0.25) is 0 Å². The van der Waals surface area contributed by atoms with E-state index < -0.39 is 0 Å². The summed E-state index contributed by atoms with van der Waals surface area (Å²) >= 11 is 0. The topological polar surface area (TPSA) is 29.5 Å². The van der Waals surface area contributed by atoms with Crippen LogP contribution < -0.4 is 0 Å². The lowest BCUT2D eigenvalue weighted by Crippen LogP contribution is -2.33. The fourth-order valence-electron chi connectivity index (χ4n) is 5.84. The van der Waals surface area contributed by atoms with Gasteiger partial charge in [-0.05, 0) is 65.6 Å². The van der Waals surface area contributed by atoms with Gasteiger partial charge in [0.2, 0.25) is 5.91 Å². The fourth-order valence-corrected chi connectivity index (χ4v) is 5.84. The van der Waals surface area contributed by atoms with Gasteiger partial charge in [-0.1, -0.05) is 68.7 Å². The van der Waals surface area contributed by atoms with E-state index in [0.717, 1.165) is 18.3 Å². The van der Waals surface area contributed by atoms with Gasteiger partial charge in [0, 0.05) is 13.5 Å². The molecule has 1 amide bonds. The summed E-state index contributed by atoms with van der Waals surface area (Å²) in [6.07, 6.45) is 8.16. The van der Waals surface area contributed by atoms with E-state index in [2.05, 4.69) is 62.3 Å². The summed E-state index contributed by atoms with van der Waals surface area (Å²) in [6.45, 7) is 21.2. The van der Waals surface area contributed by atoms with Crippen molar-refractivity contribution in [2.45, 2.75) is 107 Å². The van der Waals surface area contributed by atoms with Crippen LogP contribution in [-0.4, -0.2) is 25.1 Å². The van der Waals surface area contributed by atoms with E-state index in [0.29, 0.717) is 22.7 Å². The van der Waals surface area contributed by atoms with Crippen molar-refractivity contribution in [1.29, 1.82) is 0 Å². The van der Waals surface area contributed by atoms with Gasteiger partial charge >= 0.3 is 0 Å². The van der Waals surface area contributed by atoms with Crippen molar-refractivity contribution in [2.24, 2.45) is 33.5 Å². The van der Waals surface area contributed by atoms with Crippen LogP contribution in [0.5, 0.6) is 0 Å². The molecule has 1 saturated carbocycles. The zero-order chi connectivity index (χ0) is 22.0.